The Morgan fingerprint density at radius 3 is 2.82 bits per heavy atom. The van der Waals surface area contributed by atoms with E-state index >= 15 is 0 Å². The Balaban J connectivity index is 2.26. The van der Waals surface area contributed by atoms with Gasteiger partial charge in [0.15, 0.2) is 5.22 Å². The molecule has 0 aliphatic carbocycles. The molecule has 2 aromatic heterocycles. The zero-order valence-electron chi connectivity index (χ0n) is 8.84. The Morgan fingerprint density at radius 2 is 2.24 bits per heavy atom. The van der Waals surface area contributed by atoms with Crippen molar-refractivity contribution in [1.82, 2.24) is 0 Å². The van der Waals surface area contributed by atoms with Crippen molar-refractivity contribution in [1.29, 1.82) is 0 Å². The summed E-state index contributed by atoms with van der Waals surface area (Å²) in [5, 5.41) is 10.0. The lowest BCUT2D eigenvalue weighted by Gasteiger charge is -2.04. The SMILES string of the molecule is COC(=O)c1ccc(C(O)c2ccoc2Cl)o1. The van der Waals surface area contributed by atoms with Crippen LogP contribution in [0.15, 0.2) is 33.3 Å². The molecule has 0 aromatic carbocycles. The first kappa shape index (κ1) is 11.8. The van der Waals surface area contributed by atoms with Crippen LogP contribution in [0.25, 0.3) is 0 Å². The zero-order chi connectivity index (χ0) is 12.4. The predicted octanol–water partition coefficient (Wildman–Crippen LogP) is 2.39. The fraction of sp³-hybridized carbons (Fsp3) is 0.182. The van der Waals surface area contributed by atoms with Gasteiger partial charge in [-0.2, -0.15) is 0 Å². The van der Waals surface area contributed by atoms with Crippen LogP contribution in [-0.2, 0) is 4.74 Å². The number of rotatable bonds is 3. The van der Waals surface area contributed by atoms with Gasteiger partial charge in [0, 0.05) is 5.56 Å². The number of furan rings is 2. The van der Waals surface area contributed by atoms with Gasteiger partial charge in [0.05, 0.1) is 13.4 Å². The molecule has 0 saturated heterocycles. The van der Waals surface area contributed by atoms with Gasteiger partial charge in [0.1, 0.15) is 11.9 Å². The van der Waals surface area contributed by atoms with Gasteiger partial charge in [-0.25, -0.2) is 4.79 Å². The molecule has 0 bridgehead atoms. The summed E-state index contributed by atoms with van der Waals surface area (Å²) in [6, 6.07) is 4.41. The number of methoxy groups -OCH3 is 1. The van der Waals surface area contributed by atoms with Gasteiger partial charge in [0.25, 0.3) is 0 Å². The molecule has 0 amide bonds. The molecule has 1 unspecified atom stereocenters. The van der Waals surface area contributed by atoms with Crippen molar-refractivity contribution in [3.05, 3.63) is 46.8 Å². The molecule has 17 heavy (non-hydrogen) atoms. The van der Waals surface area contributed by atoms with Crippen molar-refractivity contribution < 1.29 is 23.5 Å². The van der Waals surface area contributed by atoms with Crippen molar-refractivity contribution in [2.24, 2.45) is 0 Å². The molecule has 5 nitrogen and oxygen atoms in total. The van der Waals surface area contributed by atoms with E-state index < -0.39 is 12.1 Å². The summed E-state index contributed by atoms with van der Waals surface area (Å²) in [6.45, 7) is 0. The maximum absolute atomic E-state index is 11.2. The molecule has 0 fully saturated rings. The maximum Gasteiger partial charge on any atom is 0.373 e. The summed E-state index contributed by atoms with van der Waals surface area (Å²) >= 11 is 5.72. The number of aliphatic hydroxyl groups excluding tert-OH is 1. The molecule has 0 saturated carbocycles. The minimum atomic E-state index is -1.08. The molecule has 1 N–H and O–H groups in total. The second-order valence-corrected chi connectivity index (χ2v) is 3.59. The van der Waals surface area contributed by atoms with E-state index in [2.05, 4.69) is 4.74 Å². The highest BCUT2D eigenvalue weighted by Gasteiger charge is 2.21. The van der Waals surface area contributed by atoms with Crippen LogP contribution < -0.4 is 0 Å². The van der Waals surface area contributed by atoms with E-state index in [-0.39, 0.29) is 16.7 Å². The van der Waals surface area contributed by atoms with Crippen LogP contribution in [0.4, 0.5) is 0 Å². The molecule has 0 radical (unpaired) electrons. The molecule has 2 heterocycles. The van der Waals surface area contributed by atoms with E-state index in [4.69, 9.17) is 20.4 Å². The van der Waals surface area contributed by atoms with Gasteiger partial charge in [-0.15, -0.1) is 0 Å². The smallest absolute Gasteiger partial charge is 0.373 e. The Hall–Kier alpha value is -1.72. The molecule has 6 heteroatoms. The number of halogens is 1. The van der Waals surface area contributed by atoms with Gasteiger partial charge >= 0.3 is 5.97 Å². The predicted molar refractivity (Wildman–Crippen MR) is 57.8 cm³/mol. The lowest BCUT2D eigenvalue weighted by atomic mass is 10.1. The number of carbonyl (C=O) groups is 1. The molecule has 2 aromatic rings. The van der Waals surface area contributed by atoms with Gasteiger partial charge in [0.2, 0.25) is 5.76 Å². The van der Waals surface area contributed by atoms with Crippen LogP contribution in [-0.4, -0.2) is 18.2 Å². The first-order chi connectivity index (χ1) is 8.13. The number of hydrogen-bond acceptors (Lipinski definition) is 5. The molecule has 0 aliphatic heterocycles. The van der Waals surface area contributed by atoms with Gasteiger partial charge < -0.3 is 18.7 Å². The third-order valence-electron chi connectivity index (χ3n) is 2.22. The fourth-order valence-electron chi connectivity index (χ4n) is 1.36. The lowest BCUT2D eigenvalue weighted by Crippen LogP contribution is -2.00. The average Bonchev–Trinajstić information content (AvgIpc) is 2.95. The van der Waals surface area contributed by atoms with Crippen LogP contribution in [0.3, 0.4) is 0 Å². The van der Waals surface area contributed by atoms with E-state index in [9.17, 15) is 9.90 Å². The van der Waals surface area contributed by atoms with Crippen molar-refractivity contribution in [2.75, 3.05) is 7.11 Å². The molecular formula is C11H9ClO5. The number of hydrogen-bond donors (Lipinski definition) is 1. The zero-order valence-corrected chi connectivity index (χ0v) is 9.60. The summed E-state index contributed by atoms with van der Waals surface area (Å²) < 4.78 is 14.5. The van der Waals surface area contributed by atoms with Crippen LogP contribution >= 0.6 is 11.6 Å². The second-order valence-electron chi connectivity index (χ2n) is 3.25. The fourth-order valence-corrected chi connectivity index (χ4v) is 1.58. The third kappa shape index (κ3) is 2.20. The minimum Gasteiger partial charge on any atom is -0.463 e. The molecule has 0 aliphatic rings. The monoisotopic (exact) mass is 256 g/mol. The van der Waals surface area contributed by atoms with Crippen LogP contribution in [0.5, 0.6) is 0 Å². The van der Waals surface area contributed by atoms with Crippen molar-refractivity contribution in [2.45, 2.75) is 6.10 Å². The van der Waals surface area contributed by atoms with Crippen LogP contribution in [0.1, 0.15) is 28.0 Å². The Labute approximate surface area is 102 Å². The van der Waals surface area contributed by atoms with Gasteiger partial charge in [-0.1, -0.05) is 0 Å². The molecular weight excluding hydrogens is 248 g/mol. The summed E-state index contributed by atoms with van der Waals surface area (Å²) in [4.78, 5) is 11.2. The topological polar surface area (TPSA) is 72.8 Å². The highest BCUT2D eigenvalue weighted by Crippen LogP contribution is 2.30. The van der Waals surface area contributed by atoms with E-state index in [0.29, 0.717) is 5.56 Å². The highest BCUT2D eigenvalue weighted by atomic mass is 35.5. The van der Waals surface area contributed by atoms with Crippen molar-refractivity contribution in [3.8, 4) is 0 Å². The van der Waals surface area contributed by atoms with E-state index in [1.807, 2.05) is 0 Å². The summed E-state index contributed by atoms with van der Waals surface area (Å²) in [5.41, 5.74) is 0.373. The van der Waals surface area contributed by atoms with Crippen LogP contribution in [0.2, 0.25) is 5.22 Å². The quantitative estimate of drug-likeness (QED) is 0.854. The number of carbonyl (C=O) groups excluding carboxylic acids is 1. The number of aliphatic hydroxyl groups is 1. The highest BCUT2D eigenvalue weighted by molar-refractivity contribution is 6.29. The van der Waals surface area contributed by atoms with Crippen LogP contribution in [0, 0.1) is 0 Å². The van der Waals surface area contributed by atoms with Gasteiger partial charge in [-0.05, 0) is 29.8 Å². The van der Waals surface area contributed by atoms with Crippen molar-refractivity contribution in [3.63, 3.8) is 0 Å². The standard InChI is InChI=1S/C11H9ClO5/c1-15-11(14)8-3-2-7(17-8)9(13)6-4-5-16-10(6)12/h2-5,9,13H,1H3. The summed E-state index contributed by atoms with van der Waals surface area (Å²) in [5.74, 6) is -0.406. The number of esters is 1. The van der Waals surface area contributed by atoms with E-state index in [1.54, 1.807) is 0 Å². The first-order valence-electron chi connectivity index (χ1n) is 4.72. The average molecular weight is 257 g/mol. The van der Waals surface area contributed by atoms with E-state index in [1.165, 1.54) is 31.6 Å². The molecule has 2 rings (SSSR count). The second kappa shape index (κ2) is 4.65. The first-order valence-corrected chi connectivity index (χ1v) is 5.10. The Morgan fingerprint density at radius 1 is 1.47 bits per heavy atom. The normalized spacial score (nSPS) is 12.4. The Bertz CT molecular complexity index is 527. The molecule has 0 spiro atoms. The molecule has 90 valence electrons. The summed E-state index contributed by atoms with van der Waals surface area (Å²) in [7, 11) is 1.24. The van der Waals surface area contributed by atoms with E-state index in [0.717, 1.165) is 0 Å². The van der Waals surface area contributed by atoms with Gasteiger partial charge in [-0.3, -0.25) is 0 Å². The Kier molecular flexibility index (Phi) is 3.21. The summed E-state index contributed by atoms with van der Waals surface area (Å²) in [6.07, 6.45) is 0.269. The largest absolute Gasteiger partial charge is 0.463 e. The maximum atomic E-state index is 11.2. The molecule has 1 atom stereocenters. The third-order valence-corrected chi connectivity index (χ3v) is 2.53. The van der Waals surface area contributed by atoms with Crippen molar-refractivity contribution >= 4 is 17.6 Å². The number of ether oxygens (including phenoxy) is 1. The lowest BCUT2D eigenvalue weighted by molar-refractivity contribution is 0.0558. The minimum absolute atomic E-state index is 0.0150.